The number of hydrogen-bond acceptors (Lipinski definition) is 2. The van der Waals surface area contributed by atoms with Crippen LogP contribution in [-0.2, 0) is 4.79 Å². The van der Waals surface area contributed by atoms with Crippen molar-refractivity contribution in [2.24, 2.45) is 40.4 Å². The first-order valence-corrected chi connectivity index (χ1v) is 9.77. The van der Waals surface area contributed by atoms with Crippen LogP contribution in [0.4, 0.5) is 0 Å². The monoisotopic (exact) mass is 320 g/mol. The molecule has 0 saturated heterocycles. The molecule has 3 nitrogen and oxygen atoms in total. The summed E-state index contributed by atoms with van der Waals surface area (Å²) in [6.07, 6.45) is 9.90. The second-order valence-electron chi connectivity index (χ2n) is 9.60. The molecule has 0 radical (unpaired) electrons. The van der Waals surface area contributed by atoms with Crippen molar-refractivity contribution in [2.75, 3.05) is 0 Å². The standard InChI is InChI=1S/C20H32O3/c1-19-9-7-13(21)11-12(19)3-4-14-15-5-6-17(18(22)23)20(15,2)10-8-16(14)19/h12-17,21H,3-11H2,1-2H3,(H,22,23)/t12-,13-,14+,15+,16+,17-,19+,20+/m1/s1. The molecule has 2 N–H and O–H groups in total. The van der Waals surface area contributed by atoms with Crippen molar-refractivity contribution in [1.29, 1.82) is 0 Å². The first kappa shape index (κ1) is 15.9. The Balaban J connectivity index is 1.61. The zero-order valence-corrected chi connectivity index (χ0v) is 14.6. The smallest absolute Gasteiger partial charge is 0.307 e. The number of carbonyl (C=O) groups is 1. The van der Waals surface area contributed by atoms with E-state index in [-0.39, 0.29) is 17.4 Å². The maximum Gasteiger partial charge on any atom is 0.307 e. The van der Waals surface area contributed by atoms with Gasteiger partial charge in [-0.2, -0.15) is 0 Å². The van der Waals surface area contributed by atoms with E-state index in [1.807, 2.05) is 0 Å². The molecule has 0 bridgehead atoms. The minimum Gasteiger partial charge on any atom is -0.481 e. The fourth-order valence-electron chi connectivity index (χ4n) is 7.64. The number of fused-ring (bicyclic) bond motifs is 5. The Kier molecular flexibility index (Phi) is 3.61. The van der Waals surface area contributed by atoms with E-state index in [1.165, 1.54) is 25.7 Å². The van der Waals surface area contributed by atoms with Gasteiger partial charge < -0.3 is 10.2 Å². The Labute approximate surface area is 139 Å². The molecule has 130 valence electrons. The minimum atomic E-state index is -0.561. The van der Waals surface area contributed by atoms with Gasteiger partial charge in [0, 0.05) is 0 Å². The molecule has 0 aliphatic heterocycles. The van der Waals surface area contributed by atoms with Gasteiger partial charge in [-0.1, -0.05) is 13.8 Å². The lowest BCUT2D eigenvalue weighted by molar-refractivity contribution is -0.154. The number of hydrogen-bond donors (Lipinski definition) is 2. The van der Waals surface area contributed by atoms with Crippen LogP contribution in [0.15, 0.2) is 0 Å². The van der Waals surface area contributed by atoms with E-state index in [2.05, 4.69) is 13.8 Å². The fourth-order valence-corrected chi connectivity index (χ4v) is 7.64. The van der Waals surface area contributed by atoms with Gasteiger partial charge in [0.1, 0.15) is 0 Å². The predicted molar refractivity (Wildman–Crippen MR) is 88.9 cm³/mol. The van der Waals surface area contributed by atoms with Crippen LogP contribution in [0.1, 0.15) is 71.6 Å². The van der Waals surface area contributed by atoms with Gasteiger partial charge in [-0.25, -0.2) is 0 Å². The summed E-state index contributed by atoms with van der Waals surface area (Å²) in [6.45, 7) is 4.77. The Hall–Kier alpha value is -0.570. The molecule has 3 heteroatoms. The molecule has 4 rings (SSSR count). The van der Waals surface area contributed by atoms with Crippen LogP contribution in [-0.4, -0.2) is 22.3 Å². The van der Waals surface area contributed by atoms with Crippen molar-refractivity contribution >= 4 is 5.97 Å². The minimum absolute atomic E-state index is 0.0321. The van der Waals surface area contributed by atoms with E-state index in [1.54, 1.807) is 0 Å². The van der Waals surface area contributed by atoms with E-state index in [0.717, 1.165) is 43.9 Å². The molecule has 23 heavy (non-hydrogen) atoms. The van der Waals surface area contributed by atoms with E-state index < -0.39 is 5.97 Å². The highest BCUT2D eigenvalue weighted by Crippen LogP contribution is 2.67. The van der Waals surface area contributed by atoms with Gasteiger partial charge in [-0.05, 0) is 92.3 Å². The molecule has 0 heterocycles. The normalized spacial score (nSPS) is 55.6. The lowest BCUT2D eigenvalue weighted by Crippen LogP contribution is -2.54. The summed E-state index contributed by atoms with van der Waals surface area (Å²) >= 11 is 0. The molecule has 8 atom stereocenters. The first-order chi connectivity index (χ1) is 10.9. The number of carboxylic acids is 1. The van der Waals surface area contributed by atoms with E-state index in [9.17, 15) is 15.0 Å². The van der Waals surface area contributed by atoms with Gasteiger partial charge >= 0.3 is 5.97 Å². The average Bonchev–Trinajstić information content (AvgIpc) is 2.85. The Morgan fingerprint density at radius 2 is 1.61 bits per heavy atom. The van der Waals surface area contributed by atoms with Gasteiger partial charge in [-0.3, -0.25) is 4.79 Å². The Morgan fingerprint density at radius 3 is 2.35 bits per heavy atom. The SMILES string of the molecule is C[C@]12CC[C@@H](O)C[C@H]1CC[C@@H]1[C@@H]2CC[C@]2(C)[C@@H](C(=O)O)CC[C@@H]12. The summed E-state index contributed by atoms with van der Waals surface area (Å²) in [7, 11) is 0. The van der Waals surface area contributed by atoms with Crippen LogP contribution in [0.2, 0.25) is 0 Å². The van der Waals surface area contributed by atoms with Crippen molar-refractivity contribution in [2.45, 2.75) is 77.7 Å². The summed E-state index contributed by atoms with van der Waals surface area (Å²) < 4.78 is 0. The summed E-state index contributed by atoms with van der Waals surface area (Å²) in [5, 5.41) is 19.7. The summed E-state index contributed by atoms with van der Waals surface area (Å²) in [5.41, 5.74) is 0.426. The summed E-state index contributed by atoms with van der Waals surface area (Å²) in [4.78, 5) is 11.7. The quantitative estimate of drug-likeness (QED) is 0.765. The van der Waals surface area contributed by atoms with Gasteiger partial charge in [-0.15, -0.1) is 0 Å². The lowest BCUT2D eigenvalue weighted by Gasteiger charge is -2.60. The van der Waals surface area contributed by atoms with Crippen LogP contribution in [0, 0.1) is 40.4 Å². The van der Waals surface area contributed by atoms with Crippen molar-refractivity contribution in [1.82, 2.24) is 0 Å². The fraction of sp³-hybridized carbons (Fsp3) is 0.950. The molecule has 4 aliphatic carbocycles. The molecule has 0 amide bonds. The third kappa shape index (κ3) is 2.14. The molecule has 0 spiro atoms. The predicted octanol–water partition coefficient (Wildman–Crippen LogP) is 4.09. The number of aliphatic hydroxyl groups is 1. The molecule has 4 saturated carbocycles. The number of aliphatic carboxylic acids is 1. The van der Waals surface area contributed by atoms with Crippen molar-refractivity contribution in [3.63, 3.8) is 0 Å². The highest BCUT2D eigenvalue weighted by molar-refractivity contribution is 5.71. The molecule has 0 aromatic heterocycles. The zero-order valence-electron chi connectivity index (χ0n) is 14.6. The Morgan fingerprint density at radius 1 is 0.913 bits per heavy atom. The second-order valence-corrected chi connectivity index (χ2v) is 9.60. The van der Waals surface area contributed by atoms with E-state index in [0.29, 0.717) is 17.3 Å². The van der Waals surface area contributed by atoms with Crippen LogP contribution in [0.5, 0.6) is 0 Å². The maximum absolute atomic E-state index is 11.7. The highest BCUT2D eigenvalue weighted by Gasteiger charge is 2.61. The molecule has 4 aliphatic rings. The maximum atomic E-state index is 11.7. The second kappa shape index (κ2) is 5.21. The van der Waals surface area contributed by atoms with Crippen LogP contribution < -0.4 is 0 Å². The lowest BCUT2D eigenvalue weighted by atomic mass is 9.44. The third-order valence-corrected chi connectivity index (χ3v) is 8.94. The highest BCUT2D eigenvalue weighted by atomic mass is 16.4. The molecular formula is C20H32O3. The molecule has 0 aromatic carbocycles. The van der Waals surface area contributed by atoms with Crippen molar-refractivity contribution in [3.8, 4) is 0 Å². The number of carboxylic acid groups (broad SMARTS) is 1. The zero-order chi connectivity index (χ0) is 16.4. The molecule has 0 unspecified atom stereocenters. The van der Waals surface area contributed by atoms with Crippen LogP contribution in [0.25, 0.3) is 0 Å². The molecule has 0 aromatic rings. The molecular weight excluding hydrogens is 288 g/mol. The first-order valence-electron chi connectivity index (χ1n) is 9.77. The van der Waals surface area contributed by atoms with E-state index >= 15 is 0 Å². The summed E-state index contributed by atoms with van der Waals surface area (Å²) in [5.74, 6) is 2.12. The van der Waals surface area contributed by atoms with Gasteiger partial charge in [0.2, 0.25) is 0 Å². The van der Waals surface area contributed by atoms with Gasteiger partial charge in [0.15, 0.2) is 0 Å². The van der Waals surface area contributed by atoms with Crippen molar-refractivity contribution in [3.05, 3.63) is 0 Å². The Bertz CT molecular complexity index is 503. The van der Waals surface area contributed by atoms with E-state index in [4.69, 9.17) is 0 Å². The molecule has 4 fully saturated rings. The van der Waals surface area contributed by atoms with Gasteiger partial charge in [0.05, 0.1) is 12.0 Å². The topological polar surface area (TPSA) is 57.5 Å². The van der Waals surface area contributed by atoms with Gasteiger partial charge in [0.25, 0.3) is 0 Å². The third-order valence-electron chi connectivity index (χ3n) is 8.94. The number of aliphatic hydroxyl groups excluding tert-OH is 1. The van der Waals surface area contributed by atoms with Crippen LogP contribution >= 0.6 is 0 Å². The van der Waals surface area contributed by atoms with Crippen LogP contribution in [0.3, 0.4) is 0 Å². The number of rotatable bonds is 1. The average molecular weight is 320 g/mol. The van der Waals surface area contributed by atoms with Crippen molar-refractivity contribution < 1.29 is 15.0 Å². The summed E-state index contributed by atoms with van der Waals surface area (Å²) in [6, 6.07) is 0. The largest absolute Gasteiger partial charge is 0.481 e.